The van der Waals surface area contributed by atoms with E-state index in [1.807, 2.05) is 6.07 Å². The van der Waals surface area contributed by atoms with E-state index in [9.17, 15) is 22.4 Å². The molecule has 31 heavy (non-hydrogen) atoms. The van der Waals surface area contributed by atoms with Gasteiger partial charge < -0.3 is 15.2 Å². The van der Waals surface area contributed by atoms with Crippen molar-refractivity contribution < 1.29 is 37.0 Å². The fraction of sp³-hybridized carbons (Fsp3) is 0.550. The maximum absolute atomic E-state index is 13.5. The summed E-state index contributed by atoms with van der Waals surface area (Å²) in [4.78, 5) is 23.6. The fourth-order valence-electron chi connectivity index (χ4n) is 3.81. The second-order valence-corrected chi connectivity index (χ2v) is 7.74. The lowest BCUT2D eigenvalue weighted by Gasteiger charge is -2.22. The first kappa shape index (κ1) is 23.0. The first-order valence-electron chi connectivity index (χ1n) is 9.75. The Morgan fingerprint density at radius 2 is 1.97 bits per heavy atom. The number of carbonyl (C=O) groups is 2. The first-order chi connectivity index (χ1) is 14.6. The largest absolute Gasteiger partial charge is 0.490 e. The number of amides is 1. The van der Waals surface area contributed by atoms with Crippen LogP contribution in [0.2, 0.25) is 0 Å². The molecule has 2 saturated heterocycles. The maximum Gasteiger partial charge on any atom is 0.490 e. The number of carbonyl (C=O) groups excluding carboxylic acids is 1. The molecule has 1 aromatic rings. The molecular weight excluding hydrogens is 422 g/mol. The Morgan fingerprint density at radius 1 is 1.29 bits per heavy atom. The number of benzene rings is 1. The van der Waals surface area contributed by atoms with E-state index >= 15 is 0 Å². The molecule has 1 saturated carbocycles. The number of likely N-dealkylation sites (tertiary alicyclic amines) is 1. The molecule has 0 radical (unpaired) electrons. The number of rotatable bonds is 4. The smallest absolute Gasteiger partial charge is 0.475 e. The molecule has 0 unspecified atom stereocenters. The van der Waals surface area contributed by atoms with Gasteiger partial charge in [-0.05, 0) is 37.0 Å². The Bertz CT molecular complexity index is 882. The van der Waals surface area contributed by atoms with E-state index in [4.69, 9.17) is 19.9 Å². The summed E-state index contributed by atoms with van der Waals surface area (Å²) in [6.45, 7) is 1.92. The molecule has 1 amide bonds. The van der Waals surface area contributed by atoms with Crippen molar-refractivity contribution in [2.45, 2.75) is 50.2 Å². The number of nitrogens with one attached hydrogen (secondary N) is 1. The molecule has 2 N–H and O–H groups in total. The van der Waals surface area contributed by atoms with Gasteiger partial charge in [0.05, 0.1) is 17.6 Å². The predicted molar refractivity (Wildman–Crippen MR) is 98.0 cm³/mol. The third-order valence-electron chi connectivity index (χ3n) is 5.44. The topological polar surface area (TPSA) is 103 Å². The number of halogens is 4. The van der Waals surface area contributed by atoms with Crippen molar-refractivity contribution in [2.24, 2.45) is 5.92 Å². The Hall–Kier alpha value is -2.71. The molecule has 11 heteroatoms. The highest BCUT2D eigenvalue weighted by Gasteiger charge is 2.49. The minimum absolute atomic E-state index is 0.0559. The lowest BCUT2D eigenvalue weighted by Crippen LogP contribution is -2.39. The number of carboxylic acids is 1. The van der Waals surface area contributed by atoms with Crippen molar-refractivity contribution in [1.29, 1.82) is 5.26 Å². The number of nitrogens with zero attached hydrogens (tertiary/aromatic N) is 2. The summed E-state index contributed by atoms with van der Waals surface area (Å²) in [6.07, 6.45) is -2.09. The Labute approximate surface area is 175 Å². The summed E-state index contributed by atoms with van der Waals surface area (Å²) >= 11 is 0. The van der Waals surface area contributed by atoms with Crippen molar-refractivity contribution in [3.05, 3.63) is 35.1 Å². The number of hydrogen-bond acceptors (Lipinski definition) is 5. The Balaban J connectivity index is 0.000000339. The molecule has 3 aliphatic rings. The molecule has 4 rings (SSSR count). The van der Waals surface area contributed by atoms with E-state index in [-0.39, 0.29) is 29.5 Å². The molecule has 2 aliphatic heterocycles. The van der Waals surface area contributed by atoms with Crippen molar-refractivity contribution in [1.82, 2.24) is 10.2 Å². The van der Waals surface area contributed by atoms with Crippen LogP contribution in [-0.4, -0.2) is 59.4 Å². The monoisotopic (exact) mass is 443 g/mol. The van der Waals surface area contributed by atoms with Crippen LogP contribution in [0.1, 0.15) is 30.4 Å². The molecule has 0 bridgehead atoms. The highest BCUT2D eigenvalue weighted by molar-refractivity contribution is 5.80. The third kappa shape index (κ3) is 5.71. The molecule has 7 nitrogen and oxygen atoms in total. The number of carboxylic acid groups (broad SMARTS) is 1. The quantitative estimate of drug-likeness (QED) is 0.692. The van der Waals surface area contributed by atoms with Crippen LogP contribution in [0.5, 0.6) is 0 Å². The molecule has 2 heterocycles. The van der Waals surface area contributed by atoms with Gasteiger partial charge in [-0.3, -0.25) is 9.69 Å². The van der Waals surface area contributed by atoms with Crippen LogP contribution in [-0.2, 0) is 20.9 Å². The molecule has 1 aliphatic carbocycles. The zero-order valence-corrected chi connectivity index (χ0v) is 16.4. The molecule has 0 aromatic heterocycles. The van der Waals surface area contributed by atoms with E-state index in [1.54, 1.807) is 12.1 Å². The van der Waals surface area contributed by atoms with Crippen molar-refractivity contribution in [2.75, 3.05) is 13.2 Å². The van der Waals surface area contributed by atoms with Gasteiger partial charge in [-0.25, -0.2) is 9.18 Å². The highest BCUT2D eigenvalue weighted by atomic mass is 19.4. The summed E-state index contributed by atoms with van der Waals surface area (Å²) < 4.78 is 51.1. The van der Waals surface area contributed by atoms with Crippen LogP contribution in [0.25, 0.3) is 0 Å². The van der Waals surface area contributed by atoms with Crippen LogP contribution in [0.3, 0.4) is 0 Å². The summed E-state index contributed by atoms with van der Waals surface area (Å²) in [7, 11) is 0. The van der Waals surface area contributed by atoms with Gasteiger partial charge in [0.25, 0.3) is 0 Å². The van der Waals surface area contributed by atoms with Crippen LogP contribution in [0.4, 0.5) is 17.6 Å². The molecule has 1 aromatic carbocycles. The zero-order valence-electron chi connectivity index (χ0n) is 16.4. The summed E-state index contributed by atoms with van der Waals surface area (Å²) in [6, 6.07) is 7.09. The van der Waals surface area contributed by atoms with Crippen LogP contribution >= 0.6 is 0 Å². The average molecular weight is 443 g/mol. The van der Waals surface area contributed by atoms with Crippen molar-refractivity contribution >= 4 is 11.9 Å². The predicted octanol–water partition coefficient (Wildman–Crippen LogP) is 2.20. The minimum Gasteiger partial charge on any atom is -0.475 e. The number of alkyl halides is 3. The van der Waals surface area contributed by atoms with E-state index < -0.39 is 18.0 Å². The molecule has 168 valence electrons. The van der Waals surface area contributed by atoms with Crippen LogP contribution < -0.4 is 5.32 Å². The van der Waals surface area contributed by atoms with Gasteiger partial charge in [-0.2, -0.15) is 18.4 Å². The second kappa shape index (κ2) is 9.20. The van der Waals surface area contributed by atoms with Gasteiger partial charge in [0.15, 0.2) is 0 Å². The number of fused-ring (bicyclic) bond motifs is 1. The Morgan fingerprint density at radius 3 is 2.55 bits per heavy atom. The first-order valence-corrected chi connectivity index (χ1v) is 9.75. The third-order valence-corrected chi connectivity index (χ3v) is 5.44. The Kier molecular flexibility index (Phi) is 6.81. The van der Waals surface area contributed by atoms with Gasteiger partial charge in [0, 0.05) is 31.8 Å². The molecule has 3 fully saturated rings. The summed E-state index contributed by atoms with van der Waals surface area (Å²) in [5.41, 5.74) is 0.954. The summed E-state index contributed by atoms with van der Waals surface area (Å²) in [5, 5.41) is 19.2. The van der Waals surface area contributed by atoms with E-state index in [1.165, 1.54) is 6.07 Å². The standard InChI is InChI=1S/C18H20FN3O2.C2HF3O2/c19-15-4-1-11(7-12(15)8-20)9-22-10-14(17-16(22)5-6-24-17)18(23)21-13-2-3-13;3-2(4,5)1(6)7/h1,4,7,13-14,16-17H,2-3,5-6,9-10H2,(H,21,23);(H,6,7)/t14-,16+,17+;/m0./s1. The second-order valence-electron chi connectivity index (χ2n) is 7.74. The fourth-order valence-corrected chi connectivity index (χ4v) is 3.81. The van der Waals surface area contributed by atoms with Gasteiger partial charge in [0.2, 0.25) is 5.91 Å². The van der Waals surface area contributed by atoms with Crippen molar-refractivity contribution in [3.63, 3.8) is 0 Å². The average Bonchev–Trinajstić information content (AvgIpc) is 3.26. The minimum atomic E-state index is -5.08. The maximum atomic E-state index is 13.5. The van der Waals surface area contributed by atoms with Crippen LogP contribution in [0.15, 0.2) is 18.2 Å². The van der Waals surface area contributed by atoms with E-state index in [0.717, 1.165) is 24.8 Å². The number of ether oxygens (including phenoxy) is 1. The highest BCUT2D eigenvalue weighted by Crippen LogP contribution is 2.35. The number of hydrogen-bond donors (Lipinski definition) is 2. The van der Waals surface area contributed by atoms with E-state index in [2.05, 4.69) is 10.2 Å². The molecule has 0 spiro atoms. The lowest BCUT2D eigenvalue weighted by atomic mass is 10.0. The zero-order chi connectivity index (χ0) is 22.8. The molecule has 3 atom stereocenters. The SMILES string of the molecule is N#Cc1cc(CN2C[C@H](C(=O)NC3CC3)[C@H]3OCC[C@H]32)ccc1F.O=C(O)C(F)(F)F. The number of nitriles is 1. The van der Waals surface area contributed by atoms with Gasteiger partial charge in [-0.1, -0.05) is 6.07 Å². The van der Waals surface area contributed by atoms with Crippen molar-refractivity contribution in [3.8, 4) is 6.07 Å². The van der Waals surface area contributed by atoms with Gasteiger partial charge >= 0.3 is 12.1 Å². The molecular formula is C20H21F4N3O4. The summed E-state index contributed by atoms with van der Waals surface area (Å²) in [5.74, 6) is -3.30. The number of aliphatic carboxylic acids is 1. The van der Waals surface area contributed by atoms with Crippen LogP contribution in [0, 0.1) is 23.1 Å². The lowest BCUT2D eigenvalue weighted by molar-refractivity contribution is -0.192. The van der Waals surface area contributed by atoms with Gasteiger partial charge in [0.1, 0.15) is 11.9 Å². The van der Waals surface area contributed by atoms with E-state index in [0.29, 0.717) is 25.7 Å². The normalized spacial score (nSPS) is 25.2. The van der Waals surface area contributed by atoms with Gasteiger partial charge in [-0.15, -0.1) is 0 Å².